The minimum absolute atomic E-state index is 0.0460. The lowest BCUT2D eigenvalue weighted by Crippen LogP contribution is -1.97. The zero-order valence-corrected chi connectivity index (χ0v) is 11.6. The summed E-state index contributed by atoms with van der Waals surface area (Å²) in [6.07, 6.45) is 4.21. The number of nitrogens with zero attached hydrogens (tertiary/aromatic N) is 5. The van der Waals surface area contributed by atoms with Crippen molar-refractivity contribution in [3.8, 4) is 17.3 Å². The summed E-state index contributed by atoms with van der Waals surface area (Å²) in [5, 5.41) is 7.60. The van der Waals surface area contributed by atoms with Crippen LogP contribution in [0, 0.1) is 12.7 Å². The third kappa shape index (κ3) is 2.68. The van der Waals surface area contributed by atoms with Crippen LogP contribution in [0.3, 0.4) is 0 Å². The minimum Gasteiger partial charge on any atom is -0.435 e. The molecule has 0 N–H and O–H groups in total. The van der Waals surface area contributed by atoms with Gasteiger partial charge in [-0.2, -0.15) is 0 Å². The Balaban J connectivity index is 1.92. The van der Waals surface area contributed by atoms with Crippen molar-refractivity contribution in [2.45, 2.75) is 6.92 Å². The smallest absolute Gasteiger partial charge is 0.226 e. The Hall–Kier alpha value is -2.54. The molecule has 21 heavy (non-hydrogen) atoms. The summed E-state index contributed by atoms with van der Waals surface area (Å²) in [7, 11) is 0. The highest BCUT2D eigenvalue weighted by Gasteiger charge is 2.11. The first-order chi connectivity index (χ1) is 10.1. The minimum atomic E-state index is -0.532. The van der Waals surface area contributed by atoms with Crippen molar-refractivity contribution >= 4 is 11.6 Å². The number of hydrogen-bond donors (Lipinski definition) is 0. The standard InChI is InChI=1S/C13H9ClFN5O/c1-8-12(14)16-5-17-13(8)21-11-3-2-9(4-10(11)15)20-6-18-19-7-20/h2-7H,1H3. The molecule has 0 aliphatic heterocycles. The van der Waals surface area contributed by atoms with Gasteiger partial charge in [-0.25, -0.2) is 14.4 Å². The van der Waals surface area contributed by atoms with E-state index in [-0.39, 0.29) is 16.8 Å². The van der Waals surface area contributed by atoms with Crippen LogP contribution in [-0.4, -0.2) is 24.7 Å². The van der Waals surface area contributed by atoms with Gasteiger partial charge in [0.05, 0.1) is 5.69 Å². The van der Waals surface area contributed by atoms with Gasteiger partial charge >= 0.3 is 0 Å². The highest BCUT2D eigenvalue weighted by atomic mass is 35.5. The largest absolute Gasteiger partial charge is 0.435 e. The van der Waals surface area contributed by atoms with Crippen LogP contribution in [0.25, 0.3) is 5.69 Å². The van der Waals surface area contributed by atoms with Crippen LogP contribution in [0.15, 0.2) is 37.2 Å². The first-order valence-corrected chi connectivity index (χ1v) is 6.32. The number of aromatic nitrogens is 5. The summed E-state index contributed by atoms with van der Waals surface area (Å²) in [5.41, 5.74) is 1.13. The second-order valence-electron chi connectivity index (χ2n) is 4.18. The van der Waals surface area contributed by atoms with Crippen LogP contribution in [0.4, 0.5) is 4.39 Å². The maximum Gasteiger partial charge on any atom is 0.226 e. The molecule has 0 unspecified atom stereocenters. The average molecular weight is 306 g/mol. The summed E-state index contributed by atoms with van der Waals surface area (Å²) in [6, 6.07) is 4.50. The van der Waals surface area contributed by atoms with Gasteiger partial charge < -0.3 is 4.74 Å². The van der Waals surface area contributed by atoms with Gasteiger partial charge in [0, 0.05) is 11.6 Å². The monoisotopic (exact) mass is 305 g/mol. The van der Waals surface area contributed by atoms with Crippen LogP contribution < -0.4 is 4.74 Å². The molecule has 6 nitrogen and oxygen atoms in total. The SMILES string of the molecule is Cc1c(Cl)ncnc1Oc1ccc(-n2cnnc2)cc1F. The number of rotatable bonds is 3. The molecule has 2 aromatic heterocycles. The number of benzene rings is 1. The van der Waals surface area contributed by atoms with E-state index in [4.69, 9.17) is 16.3 Å². The van der Waals surface area contributed by atoms with Crippen LogP contribution in [0.2, 0.25) is 5.15 Å². The molecule has 0 fully saturated rings. The number of ether oxygens (including phenoxy) is 1. The molecule has 0 aliphatic carbocycles. The molecule has 0 saturated heterocycles. The van der Waals surface area contributed by atoms with E-state index in [0.717, 1.165) is 0 Å². The lowest BCUT2D eigenvalue weighted by atomic mass is 10.3. The van der Waals surface area contributed by atoms with Gasteiger partial charge in [0.2, 0.25) is 5.88 Å². The molecule has 106 valence electrons. The van der Waals surface area contributed by atoms with E-state index in [1.165, 1.54) is 31.1 Å². The highest BCUT2D eigenvalue weighted by Crippen LogP contribution is 2.28. The highest BCUT2D eigenvalue weighted by molar-refractivity contribution is 6.30. The molecule has 0 aliphatic rings. The fourth-order valence-electron chi connectivity index (χ4n) is 1.69. The maximum atomic E-state index is 14.1. The third-order valence-corrected chi connectivity index (χ3v) is 3.20. The zero-order chi connectivity index (χ0) is 14.8. The molecule has 2 heterocycles. The Bertz CT molecular complexity index is 778. The Morgan fingerprint density at radius 3 is 2.67 bits per heavy atom. The Morgan fingerprint density at radius 2 is 1.95 bits per heavy atom. The van der Waals surface area contributed by atoms with Crippen molar-refractivity contribution in [3.63, 3.8) is 0 Å². The van der Waals surface area contributed by atoms with Crippen LogP contribution in [0.5, 0.6) is 11.6 Å². The molecule has 0 atom stereocenters. The van der Waals surface area contributed by atoms with E-state index in [1.807, 2.05) is 0 Å². The molecular formula is C13H9ClFN5O. The summed E-state index contributed by atoms with van der Waals surface area (Å²) in [4.78, 5) is 7.75. The molecule has 0 amide bonds. The Kier molecular flexibility index (Phi) is 3.49. The molecular weight excluding hydrogens is 297 g/mol. The van der Waals surface area contributed by atoms with E-state index in [0.29, 0.717) is 11.3 Å². The maximum absolute atomic E-state index is 14.1. The average Bonchev–Trinajstić information content (AvgIpc) is 3.00. The van der Waals surface area contributed by atoms with Gasteiger partial charge in [0.1, 0.15) is 24.1 Å². The van der Waals surface area contributed by atoms with Gasteiger partial charge in [-0.05, 0) is 19.1 Å². The predicted molar refractivity (Wildman–Crippen MR) is 73.2 cm³/mol. The molecule has 0 spiro atoms. The predicted octanol–water partition coefficient (Wildman–Crippen LogP) is 2.95. The van der Waals surface area contributed by atoms with Crippen LogP contribution in [-0.2, 0) is 0 Å². The van der Waals surface area contributed by atoms with Gasteiger partial charge in [0.15, 0.2) is 11.6 Å². The first kappa shape index (κ1) is 13.4. The van der Waals surface area contributed by atoms with Crippen molar-refractivity contribution < 1.29 is 9.13 Å². The van der Waals surface area contributed by atoms with Crippen molar-refractivity contribution in [2.75, 3.05) is 0 Å². The van der Waals surface area contributed by atoms with Gasteiger partial charge in [-0.1, -0.05) is 11.6 Å². The van der Waals surface area contributed by atoms with Crippen molar-refractivity contribution in [1.29, 1.82) is 0 Å². The topological polar surface area (TPSA) is 65.7 Å². The molecule has 3 aromatic rings. The first-order valence-electron chi connectivity index (χ1n) is 5.94. The van der Waals surface area contributed by atoms with E-state index in [2.05, 4.69) is 20.2 Å². The molecule has 0 radical (unpaired) electrons. The van der Waals surface area contributed by atoms with Gasteiger partial charge in [0.25, 0.3) is 0 Å². The van der Waals surface area contributed by atoms with E-state index in [1.54, 1.807) is 17.6 Å². The summed E-state index contributed by atoms with van der Waals surface area (Å²) in [6.45, 7) is 1.70. The molecule has 1 aromatic carbocycles. The van der Waals surface area contributed by atoms with Gasteiger partial charge in [-0.15, -0.1) is 10.2 Å². The van der Waals surface area contributed by atoms with E-state index in [9.17, 15) is 4.39 Å². The Morgan fingerprint density at radius 1 is 1.19 bits per heavy atom. The number of hydrogen-bond acceptors (Lipinski definition) is 5. The third-order valence-electron chi connectivity index (χ3n) is 2.82. The summed E-state index contributed by atoms with van der Waals surface area (Å²) >= 11 is 5.87. The molecule has 3 rings (SSSR count). The lowest BCUT2D eigenvalue weighted by Gasteiger charge is -2.09. The quantitative estimate of drug-likeness (QED) is 0.696. The summed E-state index contributed by atoms with van der Waals surface area (Å²) < 4.78 is 21.1. The van der Waals surface area contributed by atoms with Crippen molar-refractivity contribution in [1.82, 2.24) is 24.7 Å². The lowest BCUT2D eigenvalue weighted by molar-refractivity contribution is 0.423. The number of halogens is 2. The van der Waals surface area contributed by atoms with Crippen LogP contribution in [0.1, 0.15) is 5.56 Å². The van der Waals surface area contributed by atoms with Gasteiger partial charge in [-0.3, -0.25) is 4.57 Å². The van der Waals surface area contributed by atoms with Crippen LogP contribution >= 0.6 is 11.6 Å². The molecule has 0 saturated carbocycles. The van der Waals surface area contributed by atoms with Crippen molar-refractivity contribution in [2.24, 2.45) is 0 Å². The van der Waals surface area contributed by atoms with E-state index < -0.39 is 5.82 Å². The zero-order valence-electron chi connectivity index (χ0n) is 10.9. The fourth-order valence-corrected chi connectivity index (χ4v) is 1.81. The fraction of sp³-hybridized carbons (Fsp3) is 0.0769. The van der Waals surface area contributed by atoms with E-state index >= 15 is 0 Å². The second-order valence-corrected chi connectivity index (χ2v) is 4.54. The molecule has 0 bridgehead atoms. The van der Waals surface area contributed by atoms with Crippen molar-refractivity contribution in [3.05, 3.63) is 53.7 Å². The normalized spacial score (nSPS) is 10.6. The summed E-state index contributed by atoms with van der Waals surface area (Å²) in [5.74, 6) is -0.272. The Labute approximate surface area is 124 Å². The second kappa shape index (κ2) is 5.45. The molecule has 8 heteroatoms.